The van der Waals surface area contributed by atoms with E-state index in [1.54, 1.807) is 47.1 Å². The number of nitrogens with zero attached hydrogens (tertiary/aromatic N) is 6. The molecule has 10 aromatic rings. The number of fused-ring (bicyclic) bond motifs is 4. The quantitative estimate of drug-likeness (QED) is 0.00594. The van der Waals surface area contributed by atoms with Crippen LogP contribution < -0.4 is 22.9 Å². The number of hydrogen-bond donors (Lipinski definition) is 8. The van der Waals surface area contributed by atoms with Gasteiger partial charge in [0.05, 0.1) is 70.2 Å². The Morgan fingerprint density at radius 1 is 0.594 bits per heavy atom. The summed E-state index contributed by atoms with van der Waals surface area (Å²) in [4.78, 5) is 68.0. The molecule has 0 saturated heterocycles. The fourth-order valence-electron chi connectivity index (χ4n) is 9.73. The van der Waals surface area contributed by atoms with E-state index < -0.39 is 46.2 Å². The van der Waals surface area contributed by atoms with Crippen molar-refractivity contribution in [3.63, 3.8) is 0 Å². The molecule has 5 heterocycles. The first-order chi connectivity index (χ1) is 47.1. The molecule has 101 heavy (non-hydrogen) atoms. The zero-order valence-electron chi connectivity index (χ0n) is 59.7. The lowest BCUT2D eigenvalue weighted by molar-refractivity contribution is -0.136. The lowest BCUT2D eigenvalue weighted by Gasteiger charge is -2.36. The molecule has 6 aromatic carbocycles. The summed E-state index contributed by atoms with van der Waals surface area (Å²) in [6, 6.07) is 48.4. The van der Waals surface area contributed by atoms with Gasteiger partial charge >= 0.3 is 11.9 Å². The van der Waals surface area contributed by atoms with Crippen molar-refractivity contribution in [1.82, 2.24) is 51.4 Å². The third-order valence-corrected chi connectivity index (χ3v) is 26.7. The largest absolute Gasteiger partial charge is 0.481 e. The molecule has 0 unspecified atom stereocenters. The fraction of sp³-hybridized carbons (Fsp3) is 0.351. The summed E-state index contributed by atoms with van der Waals surface area (Å²) in [5.41, 5.74) is 19.2. The summed E-state index contributed by atoms with van der Waals surface area (Å²) in [7, 11) is -1.93. The van der Waals surface area contributed by atoms with Gasteiger partial charge in [-0.1, -0.05) is 191 Å². The Hall–Kier alpha value is -9.17. The Labute approximate surface area is 600 Å². The molecule has 4 aromatic heterocycles. The number of ketones is 1. The van der Waals surface area contributed by atoms with Crippen LogP contribution in [0.25, 0.3) is 54.8 Å². The molecule has 14 N–H and O–H groups in total. The van der Waals surface area contributed by atoms with Gasteiger partial charge in [0.1, 0.15) is 5.69 Å². The minimum absolute atomic E-state index is 0. The number of aryl methyl sites for hydroxylation is 2. The van der Waals surface area contributed by atoms with Gasteiger partial charge in [0.15, 0.2) is 16.6 Å². The van der Waals surface area contributed by atoms with E-state index in [2.05, 4.69) is 148 Å². The third kappa shape index (κ3) is 23.7. The maximum atomic E-state index is 12.6. The van der Waals surface area contributed by atoms with E-state index in [9.17, 15) is 28.8 Å². The molecule has 0 atom stereocenters. The van der Waals surface area contributed by atoms with E-state index in [0.717, 1.165) is 88.4 Å². The number of carbonyl (C=O) groups excluding carboxylic acids is 5. The Morgan fingerprint density at radius 2 is 1.04 bits per heavy atom. The summed E-state index contributed by atoms with van der Waals surface area (Å²) >= 11 is 3.40. The Balaban J connectivity index is 0.000000264. The van der Waals surface area contributed by atoms with Crippen molar-refractivity contribution in [2.75, 3.05) is 38.8 Å². The fourth-order valence-corrected chi connectivity index (χ4v) is 12.1. The number of hydrogen-bond acceptors (Lipinski definition) is 16. The zero-order valence-corrected chi connectivity index (χ0v) is 63.3. The number of aliphatic hydroxyl groups excluding tert-OH is 1. The SMILES string of the molecule is CC(C)(C)[Si](C)(C)OCCCBr.CC(C)(C)[Si](C)(C)OCCCn1nc(CCN)c2ccccc21.COC(=O)C(=O)c1ccccc1.N.NC(=O)Cc1[nH]nc2ccccc12.O.O=C(O)Cc1[nH]nc2ccccc12.O=C1NC(=O)C(c2nn(CCCO)c3ccccc23)=C1c1ccccc1. The number of methoxy groups -OCH3 is 1. The Kier molecular flexibility index (Phi) is 33.1. The van der Waals surface area contributed by atoms with Gasteiger partial charge in [0.2, 0.25) is 5.91 Å². The van der Waals surface area contributed by atoms with E-state index in [4.69, 9.17) is 35.6 Å². The monoisotopic (exact) mass is 1480 g/mol. The van der Waals surface area contributed by atoms with Crippen molar-refractivity contribution in [3.05, 3.63) is 192 Å². The minimum Gasteiger partial charge on any atom is -0.481 e. The number of primary amides is 1. The number of alkyl halides is 1. The maximum Gasteiger partial charge on any atom is 0.379 e. The van der Waals surface area contributed by atoms with Gasteiger partial charge < -0.3 is 46.9 Å². The van der Waals surface area contributed by atoms with Crippen LogP contribution in [0.5, 0.6) is 0 Å². The Morgan fingerprint density at radius 3 is 1.53 bits per heavy atom. The van der Waals surface area contributed by atoms with Crippen molar-refractivity contribution in [1.29, 1.82) is 0 Å². The molecule has 11 rings (SSSR count). The number of H-pyrrole nitrogens is 2. The predicted molar refractivity (Wildman–Crippen MR) is 408 cm³/mol. The number of ether oxygens (including phenoxy) is 1. The normalized spacial score (nSPS) is 12.0. The van der Waals surface area contributed by atoms with Gasteiger partial charge in [0.25, 0.3) is 17.6 Å². The summed E-state index contributed by atoms with van der Waals surface area (Å²) in [6.07, 6.45) is 3.68. The third-order valence-electron chi connectivity index (χ3n) is 17.0. The summed E-state index contributed by atoms with van der Waals surface area (Å²) in [5.74, 6) is -3.50. The molecule has 1 aliphatic rings. The number of para-hydroxylation sites is 4. The van der Waals surface area contributed by atoms with E-state index in [0.29, 0.717) is 58.2 Å². The average Bonchev–Trinajstić information content (AvgIpc) is 1.61. The number of aromatic nitrogens is 8. The van der Waals surface area contributed by atoms with Crippen LogP contribution in [-0.4, -0.2) is 147 Å². The zero-order chi connectivity index (χ0) is 72.5. The predicted octanol–water partition coefficient (Wildman–Crippen LogP) is 11.9. The number of rotatable bonds is 22. The molecule has 0 radical (unpaired) electrons. The van der Waals surface area contributed by atoms with Gasteiger partial charge in [-0.05, 0) is 91.9 Å². The Bertz CT molecular complexity index is 4260. The van der Waals surface area contributed by atoms with E-state index in [1.807, 2.05) is 91.0 Å². The first-order valence-electron chi connectivity index (χ1n) is 32.8. The molecular formula is C74H99BrN12O12Si2. The highest BCUT2D eigenvalue weighted by Gasteiger charge is 2.38. The van der Waals surface area contributed by atoms with Crippen molar-refractivity contribution in [2.45, 2.75) is 129 Å². The number of nitrogens with one attached hydrogen (secondary N) is 3. The van der Waals surface area contributed by atoms with Crippen LogP contribution in [-0.2, 0) is 69.9 Å². The molecule has 3 amide bonds. The number of nitrogens with two attached hydrogens (primary N) is 2. The number of carboxylic acid groups (broad SMARTS) is 1. The molecule has 0 saturated carbocycles. The second kappa shape index (κ2) is 39.7. The van der Waals surface area contributed by atoms with Crippen molar-refractivity contribution in [3.8, 4) is 0 Å². The number of aliphatic carboxylic acids is 1. The number of aromatic amines is 2. The van der Waals surface area contributed by atoms with Crippen molar-refractivity contribution >= 4 is 123 Å². The van der Waals surface area contributed by atoms with Gasteiger partial charge in [-0.25, -0.2) is 4.79 Å². The van der Waals surface area contributed by atoms with Crippen LogP contribution in [0.3, 0.4) is 0 Å². The molecule has 24 nitrogen and oxygen atoms in total. The standard InChI is InChI=1S/C20H17N3O3.C18H31N3OSi.C9H21BrOSi.C9H9N3O.C9H8N2O2.C9H8O3.H3N.H2O/c24-12-6-11-23-15-10-5-4-9-14(15)18(22-23)17-16(19(25)21-20(17)26)13-7-2-1-3-8-13;1-18(2,3)23(4,5)22-14-8-13-21-17-10-7-6-9-15(17)16(20-21)11-12-19;1-9(2,3)12(4,5)11-8-6-7-10;10-9(13)5-8-6-3-1-2-4-7(6)11-12-8;12-9(13)5-8-6-3-1-2-4-7(6)10-11-8;1-12-9(11)8(10)7-5-3-2-4-6-7;;/h1-5,7-10,24H,6,11-12H2,(H,21,25,26);6-7,9-10H,8,11-14,19H2,1-5H3;6-8H2,1-5H3;1-4H,5H2,(H2,10,13)(H,11,12);1-4H,5H2,(H,10,11)(H,12,13);2-6H,1H3;1H3;1H2. The first kappa shape index (κ1) is 84.3. The highest BCUT2D eigenvalue weighted by Crippen LogP contribution is 2.38. The van der Waals surface area contributed by atoms with E-state index in [1.165, 1.54) is 18.0 Å². The number of aliphatic hydroxyl groups is 1. The lowest BCUT2D eigenvalue weighted by Crippen LogP contribution is -2.41. The molecule has 1 aliphatic heterocycles. The second-order valence-corrected chi connectivity index (χ2v) is 36.7. The molecular weight excluding hydrogens is 1380 g/mol. The number of amides is 3. The summed E-state index contributed by atoms with van der Waals surface area (Å²) < 4.78 is 20.4. The number of imide groups is 1. The lowest BCUT2D eigenvalue weighted by atomic mass is 9.98. The number of halogens is 1. The summed E-state index contributed by atoms with van der Waals surface area (Å²) in [5, 5.41) is 48.5. The topological polar surface area (TPSA) is 394 Å². The first-order valence-corrected chi connectivity index (χ1v) is 39.7. The van der Waals surface area contributed by atoms with Crippen LogP contribution in [0.1, 0.15) is 99.5 Å². The van der Waals surface area contributed by atoms with Crippen LogP contribution in [0.4, 0.5) is 0 Å². The number of carboxylic acids is 1. The van der Waals surface area contributed by atoms with Gasteiger partial charge in [-0.3, -0.25) is 48.9 Å². The van der Waals surface area contributed by atoms with Gasteiger partial charge in [-0.15, -0.1) is 0 Å². The van der Waals surface area contributed by atoms with Crippen LogP contribution in [0.15, 0.2) is 158 Å². The van der Waals surface area contributed by atoms with Crippen molar-refractivity contribution < 1.29 is 58.0 Å². The smallest absolute Gasteiger partial charge is 0.379 e. The number of benzene rings is 6. The number of carbonyl (C=O) groups is 6. The van der Waals surface area contributed by atoms with Crippen LogP contribution in [0, 0.1) is 0 Å². The van der Waals surface area contributed by atoms with Crippen molar-refractivity contribution in [2.24, 2.45) is 11.5 Å². The molecule has 27 heteroatoms. The number of esters is 1. The average molecular weight is 1480 g/mol. The van der Waals surface area contributed by atoms with E-state index >= 15 is 0 Å². The highest BCUT2D eigenvalue weighted by molar-refractivity contribution is 9.09. The second-order valence-electron chi connectivity index (χ2n) is 26.2. The maximum absolute atomic E-state index is 12.6. The molecule has 0 bridgehead atoms. The minimum atomic E-state index is -1.65. The molecule has 542 valence electrons. The summed E-state index contributed by atoms with van der Waals surface area (Å²) in [6.45, 7) is 26.6. The molecule has 0 spiro atoms. The van der Waals surface area contributed by atoms with Gasteiger partial charge in [-0.2, -0.15) is 20.4 Å². The van der Waals surface area contributed by atoms with E-state index in [-0.39, 0.29) is 42.0 Å². The van der Waals surface area contributed by atoms with Crippen LogP contribution in [0.2, 0.25) is 36.3 Å². The highest BCUT2D eigenvalue weighted by atomic mass is 79.9. The molecule has 0 fully saturated rings. The number of Topliss-reactive ketones (excluding diaryl/α,β-unsaturated/α-hetero) is 1. The van der Waals surface area contributed by atoms with Crippen LogP contribution >= 0.6 is 15.9 Å². The van der Waals surface area contributed by atoms with Gasteiger partial charge in [0, 0.05) is 71.8 Å². The molecule has 0 aliphatic carbocycles.